The third kappa shape index (κ3) is 3.64. The number of aromatic nitrogens is 2. The van der Waals surface area contributed by atoms with Gasteiger partial charge >= 0.3 is 0 Å². The van der Waals surface area contributed by atoms with E-state index in [-0.39, 0.29) is 5.54 Å². The molecular formula is C12H17N3OS. The number of nitrogens with one attached hydrogen (secondary N) is 1. The van der Waals surface area contributed by atoms with Gasteiger partial charge in [0.05, 0.1) is 0 Å². The van der Waals surface area contributed by atoms with Gasteiger partial charge in [0.25, 0.3) is 0 Å². The minimum Gasteiger partial charge on any atom is -0.421 e. The van der Waals surface area contributed by atoms with Gasteiger partial charge in [-0.1, -0.05) is 0 Å². The molecule has 0 bridgehead atoms. The fraction of sp³-hybridized carbons (Fsp3) is 0.500. The van der Waals surface area contributed by atoms with E-state index in [4.69, 9.17) is 4.42 Å². The standard InChI is InChI=1S/C12H17N3OS/c1-12(2,3)13-6-4-10-14-15-11(16-10)9-5-7-17-8-9/h5,7-8,13H,4,6H2,1-3H3. The highest BCUT2D eigenvalue weighted by atomic mass is 32.1. The van der Waals surface area contributed by atoms with Gasteiger partial charge in [-0.15, -0.1) is 10.2 Å². The lowest BCUT2D eigenvalue weighted by Crippen LogP contribution is -2.37. The van der Waals surface area contributed by atoms with E-state index in [1.165, 1.54) is 0 Å². The molecular weight excluding hydrogens is 234 g/mol. The molecule has 92 valence electrons. The van der Waals surface area contributed by atoms with Crippen molar-refractivity contribution in [1.29, 1.82) is 0 Å². The van der Waals surface area contributed by atoms with Crippen LogP contribution >= 0.6 is 11.3 Å². The molecule has 0 unspecified atom stereocenters. The van der Waals surface area contributed by atoms with Crippen LogP contribution in [0.1, 0.15) is 26.7 Å². The van der Waals surface area contributed by atoms with Crippen molar-refractivity contribution in [3.05, 3.63) is 22.7 Å². The molecule has 5 heteroatoms. The SMILES string of the molecule is CC(C)(C)NCCc1nnc(-c2ccsc2)o1. The summed E-state index contributed by atoms with van der Waals surface area (Å²) >= 11 is 1.62. The summed E-state index contributed by atoms with van der Waals surface area (Å²) < 4.78 is 5.59. The molecule has 0 aliphatic carbocycles. The number of thiophene rings is 1. The second-order valence-corrected chi connectivity index (χ2v) is 5.72. The third-order valence-electron chi connectivity index (χ3n) is 2.23. The summed E-state index contributed by atoms with van der Waals surface area (Å²) in [5.41, 5.74) is 1.12. The van der Waals surface area contributed by atoms with E-state index < -0.39 is 0 Å². The summed E-state index contributed by atoms with van der Waals surface area (Å²) in [6, 6.07) is 1.98. The molecule has 0 aliphatic heterocycles. The lowest BCUT2D eigenvalue weighted by Gasteiger charge is -2.19. The molecule has 17 heavy (non-hydrogen) atoms. The van der Waals surface area contributed by atoms with Crippen LogP contribution < -0.4 is 5.32 Å². The highest BCUT2D eigenvalue weighted by molar-refractivity contribution is 7.08. The highest BCUT2D eigenvalue weighted by Crippen LogP contribution is 2.20. The van der Waals surface area contributed by atoms with Crippen molar-refractivity contribution in [2.45, 2.75) is 32.7 Å². The first kappa shape index (κ1) is 12.3. The Bertz CT molecular complexity index is 456. The van der Waals surface area contributed by atoms with Crippen LogP contribution in [0.2, 0.25) is 0 Å². The smallest absolute Gasteiger partial charge is 0.248 e. The van der Waals surface area contributed by atoms with Gasteiger partial charge in [0.2, 0.25) is 11.8 Å². The van der Waals surface area contributed by atoms with Gasteiger partial charge in [0.1, 0.15) is 0 Å². The average molecular weight is 251 g/mol. The maximum atomic E-state index is 5.59. The van der Waals surface area contributed by atoms with Crippen LogP contribution in [0.15, 0.2) is 21.2 Å². The van der Waals surface area contributed by atoms with Crippen LogP contribution in [0.3, 0.4) is 0 Å². The normalized spacial score (nSPS) is 11.9. The molecule has 0 spiro atoms. The summed E-state index contributed by atoms with van der Waals surface area (Å²) in [4.78, 5) is 0. The van der Waals surface area contributed by atoms with Crippen LogP contribution in [0.4, 0.5) is 0 Å². The Morgan fingerprint density at radius 2 is 2.18 bits per heavy atom. The van der Waals surface area contributed by atoms with Crippen LogP contribution in [-0.4, -0.2) is 22.3 Å². The maximum Gasteiger partial charge on any atom is 0.248 e. The molecule has 2 aromatic heterocycles. The van der Waals surface area contributed by atoms with Gasteiger partial charge in [-0.05, 0) is 32.2 Å². The van der Waals surface area contributed by atoms with Crippen molar-refractivity contribution in [2.75, 3.05) is 6.54 Å². The van der Waals surface area contributed by atoms with Crippen molar-refractivity contribution in [3.8, 4) is 11.5 Å². The monoisotopic (exact) mass is 251 g/mol. The Morgan fingerprint density at radius 1 is 1.35 bits per heavy atom. The van der Waals surface area contributed by atoms with E-state index in [1.807, 2.05) is 16.8 Å². The summed E-state index contributed by atoms with van der Waals surface area (Å²) in [5.74, 6) is 1.29. The van der Waals surface area contributed by atoms with E-state index in [0.29, 0.717) is 11.8 Å². The number of hydrogen-bond donors (Lipinski definition) is 1. The second-order valence-electron chi connectivity index (χ2n) is 4.94. The van der Waals surface area contributed by atoms with E-state index in [0.717, 1.165) is 18.5 Å². The highest BCUT2D eigenvalue weighted by Gasteiger charge is 2.11. The molecule has 4 nitrogen and oxygen atoms in total. The molecule has 2 aromatic rings. The quantitative estimate of drug-likeness (QED) is 0.907. The zero-order chi connectivity index (χ0) is 12.3. The van der Waals surface area contributed by atoms with Crippen molar-refractivity contribution in [1.82, 2.24) is 15.5 Å². The van der Waals surface area contributed by atoms with Crippen LogP contribution in [0.25, 0.3) is 11.5 Å². The van der Waals surface area contributed by atoms with Crippen molar-refractivity contribution >= 4 is 11.3 Å². The minimum absolute atomic E-state index is 0.121. The number of hydrogen-bond acceptors (Lipinski definition) is 5. The number of nitrogens with zero attached hydrogens (tertiary/aromatic N) is 2. The summed E-state index contributed by atoms with van der Waals surface area (Å²) in [6.07, 6.45) is 0.758. The predicted molar refractivity (Wildman–Crippen MR) is 69.1 cm³/mol. The zero-order valence-corrected chi connectivity index (χ0v) is 11.2. The average Bonchev–Trinajstić information content (AvgIpc) is 2.83. The van der Waals surface area contributed by atoms with E-state index in [1.54, 1.807) is 11.3 Å². The summed E-state index contributed by atoms with van der Waals surface area (Å²) in [6.45, 7) is 7.25. The van der Waals surface area contributed by atoms with Gasteiger partial charge in [-0.3, -0.25) is 0 Å². The predicted octanol–water partition coefficient (Wildman–Crippen LogP) is 2.73. The molecule has 0 fully saturated rings. The maximum absolute atomic E-state index is 5.59. The van der Waals surface area contributed by atoms with Crippen LogP contribution in [-0.2, 0) is 6.42 Å². The molecule has 2 rings (SSSR count). The van der Waals surface area contributed by atoms with Crippen molar-refractivity contribution < 1.29 is 4.42 Å². The molecule has 0 amide bonds. The number of rotatable bonds is 4. The largest absolute Gasteiger partial charge is 0.421 e. The summed E-state index contributed by atoms with van der Waals surface area (Å²) in [5, 5.41) is 15.5. The first-order chi connectivity index (χ1) is 8.04. The molecule has 0 radical (unpaired) electrons. The van der Waals surface area contributed by atoms with E-state index in [9.17, 15) is 0 Å². The third-order valence-corrected chi connectivity index (χ3v) is 2.91. The molecule has 0 aliphatic rings. The Labute approximate surface area is 105 Å². The Kier molecular flexibility index (Phi) is 3.59. The lowest BCUT2D eigenvalue weighted by molar-refractivity contribution is 0.412. The fourth-order valence-electron chi connectivity index (χ4n) is 1.40. The molecule has 2 heterocycles. The topological polar surface area (TPSA) is 51.0 Å². The van der Waals surface area contributed by atoms with Gasteiger partial charge in [0, 0.05) is 29.4 Å². The van der Waals surface area contributed by atoms with Crippen LogP contribution in [0.5, 0.6) is 0 Å². The molecule has 0 saturated heterocycles. The van der Waals surface area contributed by atoms with Gasteiger partial charge in [-0.25, -0.2) is 0 Å². The molecule has 0 saturated carbocycles. The Morgan fingerprint density at radius 3 is 2.82 bits per heavy atom. The van der Waals surface area contributed by atoms with Crippen molar-refractivity contribution in [3.63, 3.8) is 0 Å². The second kappa shape index (κ2) is 4.98. The summed E-state index contributed by atoms with van der Waals surface area (Å²) in [7, 11) is 0. The Balaban J connectivity index is 1.91. The van der Waals surface area contributed by atoms with E-state index in [2.05, 4.69) is 36.3 Å². The first-order valence-electron chi connectivity index (χ1n) is 5.64. The molecule has 0 aromatic carbocycles. The fourth-order valence-corrected chi connectivity index (χ4v) is 2.03. The first-order valence-corrected chi connectivity index (χ1v) is 6.59. The lowest BCUT2D eigenvalue weighted by atomic mass is 10.1. The molecule has 1 N–H and O–H groups in total. The zero-order valence-electron chi connectivity index (χ0n) is 10.4. The van der Waals surface area contributed by atoms with Gasteiger partial charge in [-0.2, -0.15) is 11.3 Å². The minimum atomic E-state index is 0.121. The molecule has 0 atom stereocenters. The van der Waals surface area contributed by atoms with Crippen molar-refractivity contribution in [2.24, 2.45) is 0 Å². The van der Waals surface area contributed by atoms with Crippen LogP contribution in [0, 0.1) is 0 Å². The Hall–Kier alpha value is -1.20. The van der Waals surface area contributed by atoms with Gasteiger partial charge < -0.3 is 9.73 Å². The van der Waals surface area contributed by atoms with Gasteiger partial charge in [0.15, 0.2) is 0 Å². The van der Waals surface area contributed by atoms with E-state index >= 15 is 0 Å².